The molecule has 15 heavy (non-hydrogen) atoms. The van der Waals surface area contributed by atoms with Gasteiger partial charge in [-0.2, -0.15) is 0 Å². The van der Waals surface area contributed by atoms with E-state index in [1.165, 1.54) is 45.3 Å². The van der Waals surface area contributed by atoms with Crippen molar-refractivity contribution < 1.29 is 0 Å². The Bertz CT molecular complexity index is 189. The molecule has 0 amide bonds. The minimum atomic E-state index is 0.811. The molecule has 0 spiro atoms. The Morgan fingerprint density at radius 2 is 2.13 bits per heavy atom. The Morgan fingerprint density at radius 3 is 2.80 bits per heavy atom. The molecule has 1 aliphatic heterocycles. The highest BCUT2D eigenvalue weighted by Crippen LogP contribution is 2.27. The standard InChI is InChI=1S/C12H25N3/c1-14(12-4-5-12)9-11-3-2-7-15(10-11)8-6-13/h11-12H,2-10,13H2,1H3/t11-/m1/s1. The fourth-order valence-electron chi connectivity index (χ4n) is 2.76. The van der Waals surface area contributed by atoms with Crippen LogP contribution in [-0.4, -0.2) is 55.6 Å². The van der Waals surface area contributed by atoms with E-state index in [1.54, 1.807) is 0 Å². The van der Waals surface area contributed by atoms with Crippen molar-refractivity contribution in [1.82, 2.24) is 9.80 Å². The molecular weight excluding hydrogens is 186 g/mol. The van der Waals surface area contributed by atoms with E-state index in [2.05, 4.69) is 16.8 Å². The van der Waals surface area contributed by atoms with Crippen LogP contribution in [0.1, 0.15) is 25.7 Å². The highest BCUT2D eigenvalue weighted by atomic mass is 15.2. The summed E-state index contributed by atoms with van der Waals surface area (Å²) in [4.78, 5) is 5.10. The second-order valence-corrected chi connectivity index (χ2v) is 5.27. The van der Waals surface area contributed by atoms with E-state index in [9.17, 15) is 0 Å². The summed E-state index contributed by atoms with van der Waals surface area (Å²) in [6.45, 7) is 5.73. The van der Waals surface area contributed by atoms with Gasteiger partial charge in [-0.25, -0.2) is 0 Å². The number of hydrogen-bond donors (Lipinski definition) is 1. The third kappa shape index (κ3) is 3.44. The first kappa shape index (κ1) is 11.4. The highest BCUT2D eigenvalue weighted by Gasteiger charge is 2.29. The molecule has 88 valence electrons. The minimum absolute atomic E-state index is 0.811. The number of hydrogen-bond acceptors (Lipinski definition) is 3. The van der Waals surface area contributed by atoms with Crippen LogP contribution >= 0.6 is 0 Å². The molecule has 0 unspecified atom stereocenters. The normalized spacial score (nSPS) is 28.6. The van der Waals surface area contributed by atoms with E-state index >= 15 is 0 Å². The molecule has 0 radical (unpaired) electrons. The first-order chi connectivity index (χ1) is 7.29. The fourth-order valence-corrected chi connectivity index (χ4v) is 2.76. The van der Waals surface area contributed by atoms with Crippen molar-refractivity contribution in [1.29, 1.82) is 0 Å². The maximum atomic E-state index is 5.61. The van der Waals surface area contributed by atoms with Gasteiger partial charge in [0.25, 0.3) is 0 Å². The molecule has 2 rings (SSSR count). The van der Waals surface area contributed by atoms with Gasteiger partial charge in [0.15, 0.2) is 0 Å². The van der Waals surface area contributed by atoms with Gasteiger partial charge in [0.05, 0.1) is 0 Å². The molecule has 0 aromatic carbocycles. The van der Waals surface area contributed by atoms with Crippen molar-refractivity contribution in [2.75, 3.05) is 39.8 Å². The lowest BCUT2D eigenvalue weighted by molar-refractivity contribution is 0.144. The van der Waals surface area contributed by atoms with Gasteiger partial charge in [-0.05, 0) is 45.2 Å². The predicted molar refractivity (Wildman–Crippen MR) is 63.9 cm³/mol. The Kier molecular flexibility index (Phi) is 4.00. The molecule has 2 aliphatic rings. The minimum Gasteiger partial charge on any atom is -0.329 e. The molecule has 3 nitrogen and oxygen atoms in total. The smallest absolute Gasteiger partial charge is 0.0105 e. The van der Waals surface area contributed by atoms with E-state index in [0.717, 1.165) is 25.0 Å². The van der Waals surface area contributed by atoms with Gasteiger partial charge in [0.2, 0.25) is 0 Å². The average Bonchev–Trinajstić information content (AvgIpc) is 3.01. The summed E-state index contributed by atoms with van der Waals surface area (Å²) in [5.41, 5.74) is 5.61. The topological polar surface area (TPSA) is 32.5 Å². The van der Waals surface area contributed by atoms with Crippen molar-refractivity contribution in [3.05, 3.63) is 0 Å². The summed E-state index contributed by atoms with van der Waals surface area (Å²) < 4.78 is 0. The van der Waals surface area contributed by atoms with Crippen LogP contribution < -0.4 is 5.73 Å². The van der Waals surface area contributed by atoms with Crippen LogP contribution in [0.4, 0.5) is 0 Å². The quantitative estimate of drug-likeness (QED) is 0.728. The second kappa shape index (κ2) is 5.28. The van der Waals surface area contributed by atoms with Gasteiger partial charge in [0, 0.05) is 32.2 Å². The molecule has 0 aromatic rings. The van der Waals surface area contributed by atoms with Crippen molar-refractivity contribution in [2.45, 2.75) is 31.7 Å². The molecule has 2 N–H and O–H groups in total. The van der Waals surface area contributed by atoms with E-state index in [4.69, 9.17) is 5.73 Å². The number of rotatable bonds is 5. The van der Waals surface area contributed by atoms with E-state index in [-0.39, 0.29) is 0 Å². The first-order valence-electron chi connectivity index (χ1n) is 6.42. The van der Waals surface area contributed by atoms with Gasteiger partial charge in [-0.1, -0.05) is 0 Å². The summed E-state index contributed by atoms with van der Waals surface area (Å²) in [6.07, 6.45) is 5.63. The van der Waals surface area contributed by atoms with E-state index in [0.29, 0.717) is 0 Å². The van der Waals surface area contributed by atoms with E-state index < -0.39 is 0 Å². The van der Waals surface area contributed by atoms with Crippen molar-refractivity contribution in [3.8, 4) is 0 Å². The molecule has 0 bridgehead atoms. The number of likely N-dealkylation sites (tertiary alicyclic amines) is 1. The summed E-state index contributed by atoms with van der Waals surface area (Å²) in [5, 5.41) is 0. The largest absolute Gasteiger partial charge is 0.329 e. The zero-order valence-corrected chi connectivity index (χ0v) is 9.99. The molecule has 1 atom stereocenters. The summed E-state index contributed by atoms with van der Waals surface area (Å²) in [5.74, 6) is 0.885. The molecule has 1 saturated carbocycles. The Balaban J connectivity index is 1.71. The SMILES string of the molecule is CN(C[C@H]1CCCN(CCN)C1)C1CC1. The van der Waals surface area contributed by atoms with Gasteiger partial charge in [0.1, 0.15) is 0 Å². The molecule has 2 fully saturated rings. The number of piperidine rings is 1. The number of nitrogens with zero attached hydrogens (tertiary/aromatic N) is 2. The van der Waals surface area contributed by atoms with Crippen LogP contribution in [0, 0.1) is 5.92 Å². The Morgan fingerprint density at radius 1 is 1.33 bits per heavy atom. The molecule has 3 heteroatoms. The van der Waals surface area contributed by atoms with Crippen molar-refractivity contribution in [2.24, 2.45) is 11.7 Å². The van der Waals surface area contributed by atoms with Gasteiger partial charge >= 0.3 is 0 Å². The lowest BCUT2D eigenvalue weighted by Gasteiger charge is -2.34. The predicted octanol–water partition coefficient (Wildman–Crippen LogP) is 0.751. The molecule has 1 aliphatic carbocycles. The van der Waals surface area contributed by atoms with Crippen LogP contribution in [-0.2, 0) is 0 Å². The monoisotopic (exact) mass is 211 g/mol. The fraction of sp³-hybridized carbons (Fsp3) is 1.00. The zero-order chi connectivity index (χ0) is 10.7. The summed E-state index contributed by atoms with van der Waals surface area (Å²) >= 11 is 0. The van der Waals surface area contributed by atoms with Crippen LogP contribution in [0.2, 0.25) is 0 Å². The third-order valence-corrected chi connectivity index (χ3v) is 3.76. The van der Waals surface area contributed by atoms with Crippen LogP contribution in [0.25, 0.3) is 0 Å². The van der Waals surface area contributed by atoms with Crippen LogP contribution in [0.15, 0.2) is 0 Å². The maximum absolute atomic E-state index is 5.61. The van der Waals surface area contributed by atoms with Crippen LogP contribution in [0.3, 0.4) is 0 Å². The van der Waals surface area contributed by atoms with Gasteiger partial charge < -0.3 is 15.5 Å². The van der Waals surface area contributed by atoms with Crippen molar-refractivity contribution in [3.63, 3.8) is 0 Å². The lowest BCUT2D eigenvalue weighted by atomic mass is 9.97. The molecule has 1 heterocycles. The Labute approximate surface area is 93.6 Å². The molecular formula is C12H25N3. The number of nitrogens with two attached hydrogens (primary N) is 1. The first-order valence-corrected chi connectivity index (χ1v) is 6.42. The maximum Gasteiger partial charge on any atom is 0.0105 e. The van der Waals surface area contributed by atoms with Gasteiger partial charge in [-0.15, -0.1) is 0 Å². The summed E-state index contributed by atoms with van der Waals surface area (Å²) in [7, 11) is 2.29. The summed E-state index contributed by atoms with van der Waals surface area (Å²) in [6, 6.07) is 0.912. The van der Waals surface area contributed by atoms with Crippen LogP contribution in [0.5, 0.6) is 0 Å². The second-order valence-electron chi connectivity index (χ2n) is 5.27. The van der Waals surface area contributed by atoms with E-state index in [1.807, 2.05) is 0 Å². The molecule has 1 saturated heterocycles. The highest BCUT2D eigenvalue weighted by molar-refractivity contribution is 4.85. The molecule has 0 aromatic heterocycles. The lowest BCUT2D eigenvalue weighted by Crippen LogP contribution is -2.42. The third-order valence-electron chi connectivity index (χ3n) is 3.76. The average molecular weight is 211 g/mol. The zero-order valence-electron chi connectivity index (χ0n) is 9.99. The Hall–Kier alpha value is -0.120. The van der Waals surface area contributed by atoms with Gasteiger partial charge in [-0.3, -0.25) is 0 Å². The van der Waals surface area contributed by atoms with Crippen molar-refractivity contribution >= 4 is 0 Å².